The number of hydrogen-bond donors (Lipinski definition) is 2. The molecule has 0 radical (unpaired) electrons. The van der Waals surface area contributed by atoms with Crippen LogP contribution >= 0.6 is 0 Å². The first-order chi connectivity index (χ1) is 14.8. The number of amides is 1. The standard InChI is InChI=1S/C22H25F3N4O2/c1-2-27-21(28-13-15-6-8-16(9-7-15)20(26)30)29-10-11-31-19(14-29)17-4-3-5-18(12-17)22(23,24)25/h3-9,12,19H,2,10-11,13-14H2,1H3,(H2,26,30)(H,27,28). The Bertz CT molecular complexity index is 929. The number of benzene rings is 2. The Kier molecular flexibility index (Phi) is 7.17. The fourth-order valence-electron chi connectivity index (χ4n) is 3.32. The number of hydrogen-bond acceptors (Lipinski definition) is 3. The van der Waals surface area contributed by atoms with Gasteiger partial charge in [0.05, 0.1) is 25.3 Å². The van der Waals surface area contributed by atoms with Crippen LogP contribution in [0.15, 0.2) is 53.5 Å². The number of ether oxygens (including phenoxy) is 1. The van der Waals surface area contributed by atoms with E-state index in [2.05, 4.69) is 10.3 Å². The van der Waals surface area contributed by atoms with Crippen LogP contribution in [-0.2, 0) is 17.5 Å². The number of primary amides is 1. The highest BCUT2D eigenvalue weighted by Crippen LogP contribution is 2.32. The van der Waals surface area contributed by atoms with Crippen molar-refractivity contribution in [2.75, 3.05) is 26.2 Å². The molecule has 6 nitrogen and oxygen atoms in total. The Morgan fingerprint density at radius 2 is 2.00 bits per heavy atom. The van der Waals surface area contributed by atoms with Gasteiger partial charge in [0.15, 0.2) is 5.96 Å². The number of nitrogens with two attached hydrogens (primary N) is 1. The molecule has 1 atom stereocenters. The molecule has 0 spiro atoms. The monoisotopic (exact) mass is 434 g/mol. The third kappa shape index (κ3) is 5.97. The molecule has 2 aromatic carbocycles. The zero-order chi connectivity index (χ0) is 22.4. The van der Waals surface area contributed by atoms with E-state index in [-0.39, 0.29) is 0 Å². The zero-order valence-corrected chi connectivity index (χ0v) is 17.2. The fourth-order valence-corrected chi connectivity index (χ4v) is 3.32. The minimum Gasteiger partial charge on any atom is -0.370 e. The molecule has 0 aromatic heterocycles. The average molecular weight is 434 g/mol. The van der Waals surface area contributed by atoms with Gasteiger partial charge in [-0.15, -0.1) is 0 Å². The van der Waals surface area contributed by atoms with Gasteiger partial charge in [-0.05, 0) is 42.3 Å². The first kappa shape index (κ1) is 22.6. The summed E-state index contributed by atoms with van der Waals surface area (Å²) in [7, 11) is 0. The molecular weight excluding hydrogens is 409 g/mol. The number of nitrogens with zero attached hydrogens (tertiary/aromatic N) is 2. The molecule has 3 N–H and O–H groups in total. The lowest BCUT2D eigenvalue weighted by Gasteiger charge is -2.35. The van der Waals surface area contributed by atoms with E-state index in [4.69, 9.17) is 10.5 Å². The molecule has 1 saturated heterocycles. The highest BCUT2D eigenvalue weighted by molar-refractivity contribution is 5.92. The SMILES string of the molecule is CCNC(=NCc1ccc(C(N)=O)cc1)N1CCOC(c2cccc(C(F)(F)F)c2)C1. The second-order valence-electron chi connectivity index (χ2n) is 7.16. The van der Waals surface area contributed by atoms with E-state index < -0.39 is 23.8 Å². The van der Waals surface area contributed by atoms with Crippen LogP contribution in [0.4, 0.5) is 13.2 Å². The molecular formula is C22H25F3N4O2. The molecule has 3 rings (SSSR count). The van der Waals surface area contributed by atoms with Crippen molar-refractivity contribution in [3.8, 4) is 0 Å². The predicted molar refractivity (Wildman–Crippen MR) is 111 cm³/mol. The van der Waals surface area contributed by atoms with Crippen LogP contribution in [0, 0.1) is 0 Å². The zero-order valence-electron chi connectivity index (χ0n) is 17.2. The van der Waals surface area contributed by atoms with E-state index >= 15 is 0 Å². The number of carbonyl (C=O) groups excluding carboxylic acids is 1. The Hall–Kier alpha value is -3.07. The molecule has 1 amide bonds. The Morgan fingerprint density at radius 3 is 2.65 bits per heavy atom. The molecule has 1 aliphatic heterocycles. The Labute approximate surface area is 178 Å². The number of alkyl halides is 3. The van der Waals surface area contributed by atoms with Crippen molar-refractivity contribution in [2.24, 2.45) is 10.7 Å². The molecule has 1 aliphatic rings. The summed E-state index contributed by atoms with van der Waals surface area (Å²) in [5.41, 5.74) is 6.39. The van der Waals surface area contributed by atoms with E-state index in [1.54, 1.807) is 30.3 Å². The minimum absolute atomic E-state index is 0.374. The van der Waals surface area contributed by atoms with Crippen molar-refractivity contribution < 1.29 is 22.7 Å². The smallest absolute Gasteiger partial charge is 0.370 e. The van der Waals surface area contributed by atoms with E-state index in [9.17, 15) is 18.0 Å². The summed E-state index contributed by atoms with van der Waals surface area (Å²) < 4.78 is 44.9. The summed E-state index contributed by atoms with van der Waals surface area (Å²) in [6.45, 7) is 4.30. The van der Waals surface area contributed by atoms with Crippen LogP contribution in [0.5, 0.6) is 0 Å². The normalized spacial score (nSPS) is 17.5. The van der Waals surface area contributed by atoms with Gasteiger partial charge < -0.3 is 20.7 Å². The molecule has 0 bridgehead atoms. The van der Waals surface area contributed by atoms with E-state index in [0.29, 0.717) is 49.9 Å². The number of aliphatic imine (C=N–C) groups is 1. The molecule has 9 heteroatoms. The van der Waals surface area contributed by atoms with Gasteiger partial charge in [-0.25, -0.2) is 4.99 Å². The van der Waals surface area contributed by atoms with Crippen LogP contribution in [-0.4, -0.2) is 43.0 Å². The van der Waals surface area contributed by atoms with E-state index in [0.717, 1.165) is 17.7 Å². The molecule has 31 heavy (non-hydrogen) atoms. The second-order valence-corrected chi connectivity index (χ2v) is 7.16. The Balaban J connectivity index is 1.74. The van der Waals surface area contributed by atoms with Gasteiger partial charge in [0, 0.05) is 18.7 Å². The van der Waals surface area contributed by atoms with Gasteiger partial charge in [-0.2, -0.15) is 13.2 Å². The fraction of sp³-hybridized carbons (Fsp3) is 0.364. The van der Waals surface area contributed by atoms with Crippen molar-refractivity contribution in [3.05, 3.63) is 70.8 Å². The second kappa shape index (κ2) is 9.82. The van der Waals surface area contributed by atoms with Crippen LogP contribution < -0.4 is 11.1 Å². The van der Waals surface area contributed by atoms with Gasteiger partial charge >= 0.3 is 6.18 Å². The van der Waals surface area contributed by atoms with Crippen molar-refractivity contribution in [3.63, 3.8) is 0 Å². The number of carbonyl (C=O) groups is 1. The number of morpholine rings is 1. The molecule has 2 aromatic rings. The summed E-state index contributed by atoms with van der Waals surface area (Å²) in [4.78, 5) is 17.8. The number of rotatable bonds is 5. The largest absolute Gasteiger partial charge is 0.416 e. The lowest BCUT2D eigenvalue weighted by molar-refractivity contribution is -0.137. The Morgan fingerprint density at radius 1 is 1.26 bits per heavy atom. The van der Waals surface area contributed by atoms with Gasteiger partial charge in [0.1, 0.15) is 6.10 Å². The third-order valence-electron chi connectivity index (χ3n) is 4.94. The summed E-state index contributed by atoms with van der Waals surface area (Å²) in [5, 5.41) is 3.23. The van der Waals surface area contributed by atoms with Crippen LogP contribution in [0.2, 0.25) is 0 Å². The molecule has 0 saturated carbocycles. The van der Waals surface area contributed by atoms with Crippen molar-refractivity contribution >= 4 is 11.9 Å². The van der Waals surface area contributed by atoms with Gasteiger partial charge in [-0.3, -0.25) is 4.79 Å². The number of guanidine groups is 1. The van der Waals surface area contributed by atoms with Crippen molar-refractivity contribution in [1.82, 2.24) is 10.2 Å². The first-order valence-electron chi connectivity index (χ1n) is 9.98. The molecule has 1 fully saturated rings. The molecule has 166 valence electrons. The topological polar surface area (TPSA) is 79.9 Å². The highest BCUT2D eigenvalue weighted by Gasteiger charge is 2.32. The number of halogens is 3. The van der Waals surface area contributed by atoms with Gasteiger partial charge in [0.2, 0.25) is 5.91 Å². The maximum atomic E-state index is 13.1. The summed E-state index contributed by atoms with van der Waals surface area (Å²) in [5.74, 6) is 0.166. The highest BCUT2D eigenvalue weighted by atomic mass is 19.4. The van der Waals surface area contributed by atoms with Crippen molar-refractivity contribution in [1.29, 1.82) is 0 Å². The molecule has 1 heterocycles. The summed E-state index contributed by atoms with van der Waals surface area (Å²) in [6.07, 6.45) is -4.89. The van der Waals surface area contributed by atoms with E-state index in [1.165, 1.54) is 6.07 Å². The maximum Gasteiger partial charge on any atom is 0.416 e. The quantitative estimate of drug-likeness (QED) is 0.559. The van der Waals surface area contributed by atoms with Gasteiger partial charge in [0.25, 0.3) is 0 Å². The van der Waals surface area contributed by atoms with Crippen LogP contribution in [0.25, 0.3) is 0 Å². The predicted octanol–water partition coefficient (Wildman–Crippen LogP) is 3.34. The molecule has 0 aliphatic carbocycles. The van der Waals surface area contributed by atoms with E-state index in [1.807, 2.05) is 11.8 Å². The summed E-state index contributed by atoms with van der Waals surface area (Å²) in [6, 6.07) is 12.1. The lowest BCUT2D eigenvalue weighted by Crippen LogP contribution is -2.48. The first-order valence-corrected chi connectivity index (χ1v) is 9.98. The van der Waals surface area contributed by atoms with Crippen LogP contribution in [0.3, 0.4) is 0 Å². The summed E-state index contributed by atoms with van der Waals surface area (Å²) >= 11 is 0. The van der Waals surface area contributed by atoms with Crippen molar-refractivity contribution in [2.45, 2.75) is 25.7 Å². The minimum atomic E-state index is -4.40. The number of nitrogens with one attached hydrogen (secondary N) is 1. The lowest BCUT2D eigenvalue weighted by atomic mass is 10.0. The maximum absolute atomic E-state index is 13.1. The van der Waals surface area contributed by atoms with Crippen LogP contribution in [0.1, 0.15) is 40.1 Å². The average Bonchev–Trinajstić information content (AvgIpc) is 2.76. The molecule has 1 unspecified atom stereocenters. The van der Waals surface area contributed by atoms with Gasteiger partial charge in [-0.1, -0.05) is 24.3 Å². The third-order valence-corrected chi connectivity index (χ3v) is 4.94.